The molecule has 0 aliphatic carbocycles. The Morgan fingerprint density at radius 1 is 0.717 bits per heavy atom. The number of unbranched alkanes of at least 4 members (excludes halogenated alkanes) is 2. The molecule has 4 rings (SSSR count). The second-order valence-corrected chi connectivity index (χ2v) is 13.8. The van der Waals surface area contributed by atoms with Crippen LogP contribution in [0.15, 0.2) is 0 Å². The van der Waals surface area contributed by atoms with Gasteiger partial charge in [-0.25, -0.2) is 4.79 Å². The molecule has 4 saturated heterocycles. The van der Waals surface area contributed by atoms with Gasteiger partial charge in [-0.15, -0.1) is 5.06 Å². The first-order chi connectivity index (χ1) is 25.2. The Morgan fingerprint density at radius 3 is 1.75 bits per heavy atom. The molecule has 0 radical (unpaired) electrons. The SMILES string of the molecule is C[C@@H]1O[C@@H](OCCNC(=O)C2CCN(CCCCCC(=O)ON3C(=O)CCC3=O)C[C@@H]2C(=O)NCCO[C@@H]2O[C@@H](C)[C@@H](O)[C@@H](O)[C@@H]2O)[C@@H](O)[C@H](O)[C@@H]1O. The Bertz CT molecular complexity index is 1250. The number of carbonyl (C=O) groups excluding carboxylic acids is 5. The van der Waals surface area contributed by atoms with Crippen LogP contribution >= 0.6 is 0 Å². The van der Waals surface area contributed by atoms with E-state index in [0.717, 1.165) is 0 Å². The topological polar surface area (TPSA) is 283 Å². The van der Waals surface area contributed by atoms with Crippen molar-refractivity contribution in [2.45, 2.75) is 120 Å². The van der Waals surface area contributed by atoms with Crippen LogP contribution < -0.4 is 10.6 Å². The molecule has 302 valence electrons. The van der Waals surface area contributed by atoms with Crippen LogP contribution in [0.4, 0.5) is 0 Å². The maximum absolute atomic E-state index is 13.5. The average molecular weight is 763 g/mol. The minimum atomic E-state index is -1.50. The van der Waals surface area contributed by atoms with Gasteiger partial charge in [0, 0.05) is 38.9 Å². The van der Waals surface area contributed by atoms with E-state index in [-0.39, 0.29) is 52.1 Å². The standard InChI is InChI=1S/C33H54N4O16/c1-17-24(41)26(43)28(45)32(51-17)49-14-10-34-30(47)19-9-13-36(12-5-3-4-6-23(40)53-37-21(38)7-8-22(37)39)16-20(19)31(48)35-11-15-50-33-29(46)27(44)25(42)18(2)52-33/h17-20,24-29,32-33,41-46H,3-16H2,1-2H3,(H,34,47)(H,35,48)/t17-,18-,19?,20-,24+,25+,26+,27+,28-,29-,32+,33+/m0/s1. The van der Waals surface area contributed by atoms with E-state index in [9.17, 15) is 54.6 Å². The van der Waals surface area contributed by atoms with Crippen LogP contribution in [0.5, 0.6) is 0 Å². The van der Waals surface area contributed by atoms with E-state index >= 15 is 0 Å². The van der Waals surface area contributed by atoms with E-state index in [2.05, 4.69) is 10.6 Å². The Hall–Kier alpha value is -2.89. The molecule has 0 spiro atoms. The Morgan fingerprint density at radius 2 is 1.23 bits per heavy atom. The highest BCUT2D eigenvalue weighted by Crippen LogP contribution is 2.26. The number of hydrogen-bond donors (Lipinski definition) is 8. The number of hydroxylamine groups is 2. The molecule has 1 unspecified atom stereocenters. The molecule has 8 N–H and O–H groups in total. The van der Waals surface area contributed by atoms with Gasteiger partial charge in [0.25, 0.3) is 11.8 Å². The van der Waals surface area contributed by atoms with Gasteiger partial charge in [-0.1, -0.05) is 6.42 Å². The predicted octanol–water partition coefficient (Wildman–Crippen LogP) is -3.99. The monoisotopic (exact) mass is 762 g/mol. The zero-order valence-electron chi connectivity index (χ0n) is 30.0. The number of aliphatic hydroxyl groups excluding tert-OH is 6. The third-order valence-electron chi connectivity index (χ3n) is 9.91. The molecular formula is C33H54N4O16. The first-order valence-corrected chi connectivity index (χ1v) is 18.2. The molecule has 20 nitrogen and oxygen atoms in total. The van der Waals surface area contributed by atoms with Gasteiger partial charge in [-0.3, -0.25) is 19.2 Å². The molecule has 4 amide bonds. The van der Waals surface area contributed by atoms with Gasteiger partial charge in [-0.05, 0) is 46.2 Å². The maximum Gasteiger partial charge on any atom is 0.333 e. The highest BCUT2D eigenvalue weighted by Gasteiger charge is 2.44. The average Bonchev–Trinajstić information content (AvgIpc) is 3.45. The van der Waals surface area contributed by atoms with Crippen molar-refractivity contribution in [3.63, 3.8) is 0 Å². The van der Waals surface area contributed by atoms with E-state index < -0.39 is 103 Å². The molecule has 0 aromatic carbocycles. The van der Waals surface area contributed by atoms with Gasteiger partial charge in [-0.2, -0.15) is 0 Å². The van der Waals surface area contributed by atoms with Crippen molar-refractivity contribution >= 4 is 29.6 Å². The minimum absolute atomic E-state index is 0.00599. The fourth-order valence-corrected chi connectivity index (χ4v) is 6.65. The number of carbonyl (C=O) groups is 5. The number of nitrogens with one attached hydrogen (secondary N) is 2. The summed E-state index contributed by atoms with van der Waals surface area (Å²) < 4.78 is 21.8. The van der Waals surface area contributed by atoms with Crippen LogP contribution in [-0.4, -0.2) is 178 Å². The number of nitrogens with zero attached hydrogens (tertiary/aromatic N) is 2. The van der Waals surface area contributed by atoms with Crippen LogP contribution in [-0.2, 0) is 47.8 Å². The first-order valence-electron chi connectivity index (χ1n) is 18.2. The summed E-state index contributed by atoms with van der Waals surface area (Å²) in [5.41, 5.74) is 0. The van der Waals surface area contributed by atoms with Gasteiger partial charge >= 0.3 is 5.97 Å². The second kappa shape index (κ2) is 20.1. The fourth-order valence-electron chi connectivity index (χ4n) is 6.65. The first kappa shape index (κ1) is 42.8. The minimum Gasteiger partial charge on any atom is -0.388 e. The van der Waals surface area contributed by atoms with Crippen LogP contribution in [0.1, 0.15) is 58.8 Å². The van der Waals surface area contributed by atoms with Gasteiger partial charge in [0.2, 0.25) is 11.8 Å². The van der Waals surface area contributed by atoms with Crippen molar-refractivity contribution in [3.05, 3.63) is 0 Å². The largest absolute Gasteiger partial charge is 0.388 e. The summed E-state index contributed by atoms with van der Waals surface area (Å²) in [7, 11) is 0. The van der Waals surface area contributed by atoms with E-state index in [1.165, 1.54) is 13.8 Å². The quantitative estimate of drug-likeness (QED) is 0.0518. The number of likely N-dealkylation sites (tertiary alicyclic amines) is 1. The van der Waals surface area contributed by atoms with Crippen LogP contribution in [0.2, 0.25) is 0 Å². The number of hydrogen-bond acceptors (Lipinski definition) is 17. The third-order valence-corrected chi connectivity index (χ3v) is 9.91. The van der Waals surface area contributed by atoms with Crippen molar-refractivity contribution in [3.8, 4) is 0 Å². The van der Waals surface area contributed by atoms with Crippen molar-refractivity contribution in [2.24, 2.45) is 11.8 Å². The molecule has 4 heterocycles. The molecule has 0 bridgehead atoms. The number of imide groups is 1. The summed E-state index contributed by atoms with van der Waals surface area (Å²) in [5.74, 6) is -4.06. The summed E-state index contributed by atoms with van der Waals surface area (Å²) in [6.07, 6.45) is -10.4. The number of amides is 4. The van der Waals surface area contributed by atoms with Crippen LogP contribution in [0.3, 0.4) is 0 Å². The van der Waals surface area contributed by atoms with Gasteiger partial charge in [0.15, 0.2) is 12.6 Å². The van der Waals surface area contributed by atoms with Gasteiger partial charge < -0.3 is 70.0 Å². The zero-order valence-corrected chi connectivity index (χ0v) is 30.0. The summed E-state index contributed by atoms with van der Waals surface area (Å²) in [6.45, 7) is 4.16. The van der Waals surface area contributed by atoms with Gasteiger partial charge in [0.1, 0.15) is 36.6 Å². The normalized spacial score (nSPS) is 35.3. The van der Waals surface area contributed by atoms with Crippen molar-refractivity contribution < 1.29 is 78.4 Å². The second-order valence-electron chi connectivity index (χ2n) is 13.8. The molecule has 20 heteroatoms. The summed E-state index contributed by atoms with van der Waals surface area (Å²) in [4.78, 5) is 69.2. The Kier molecular flexibility index (Phi) is 16.3. The lowest BCUT2D eigenvalue weighted by molar-refractivity contribution is -0.292. The highest BCUT2D eigenvalue weighted by atomic mass is 16.7. The number of rotatable bonds is 17. The predicted molar refractivity (Wildman–Crippen MR) is 176 cm³/mol. The van der Waals surface area contributed by atoms with E-state index in [1.54, 1.807) is 0 Å². The molecule has 4 fully saturated rings. The third kappa shape index (κ3) is 11.6. The van der Waals surface area contributed by atoms with Crippen molar-refractivity contribution in [1.82, 2.24) is 20.6 Å². The molecule has 0 saturated carbocycles. The molecule has 53 heavy (non-hydrogen) atoms. The lowest BCUT2D eigenvalue weighted by Crippen LogP contribution is -2.57. The molecule has 4 aliphatic heterocycles. The van der Waals surface area contributed by atoms with Gasteiger partial charge in [0.05, 0.1) is 37.3 Å². The molecule has 0 aromatic heterocycles. The smallest absolute Gasteiger partial charge is 0.333 e. The highest BCUT2D eigenvalue weighted by molar-refractivity contribution is 6.01. The Labute approximate surface area is 306 Å². The van der Waals surface area contributed by atoms with Crippen LogP contribution in [0.25, 0.3) is 0 Å². The summed E-state index contributed by atoms with van der Waals surface area (Å²) in [5, 5.41) is 66.1. The molecular weight excluding hydrogens is 708 g/mol. The molecule has 0 aromatic rings. The van der Waals surface area contributed by atoms with E-state index in [1.807, 2.05) is 4.90 Å². The number of ether oxygens (including phenoxy) is 4. The zero-order chi connectivity index (χ0) is 38.8. The van der Waals surface area contributed by atoms with E-state index in [4.69, 9.17) is 23.8 Å². The lowest BCUT2D eigenvalue weighted by atomic mass is 9.83. The van der Waals surface area contributed by atoms with Crippen molar-refractivity contribution in [2.75, 3.05) is 45.9 Å². The summed E-state index contributed by atoms with van der Waals surface area (Å²) in [6, 6.07) is 0. The fraction of sp³-hybridized carbons (Fsp3) is 0.848. The van der Waals surface area contributed by atoms with Crippen LogP contribution in [0, 0.1) is 11.8 Å². The molecule has 12 atom stereocenters. The molecule has 4 aliphatic rings. The van der Waals surface area contributed by atoms with Crippen molar-refractivity contribution in [1.29, 1.82) is 0 Å². The van der Waals surface area contributed by atoms with E-state index in [0.29, 0.717) is 43.8 Å². The lowest BCUT2D eigenvalue weighted by Gasteiger charge is -2.39. The maximum atomic E-state index is 13.5. The number of aliphatic hydroxyl groups is 6. The Balaban J connectivity index is 1.24. The number of piperidine rings is 1. The summed E-state index contributed by atoms with van der Waals surface area (Å²) >= 11 is 0.